The standard InChI is InChI=1S/C11H22N4O/c1-3-6-14-11(12-2)15-8-7-13-10(16)9-4-5-9/h9H,3-8H2,1-2H3,(H,13,16)(H2,12,14,15). The average Bonchev–Trinajstić information content (AvgIpc) is 3.11. The zero-order chi connectivity index (χ0) is 11.8. The SMILES string of the molecule is CCCNC(=NC)NCCNC(=O)C1CC1. The molecule has 92 valence electrons. The third-order valence-electron chi connectivity index (χ3n) is 2.43. The summed E-state index contributed by atoms with van der Waals surface area (Å²) in [6.45, 7) is 4.38. The Balaban J connectivity index is 2.01. The van der Waals surface area contributed by atoms with Crippen LogP contribution < -0.4 is 16.0 Å². The Hall–Kier alpha value is -1.26. The van der Waals surface area contributed by atoms with E-state index in [1.165, 1.54) is 0 Å². The van der Waals surface area contributed by atoms with Crippen LogP contribution in [0.15, 0.2) is 4.99 Å². The summed E-state index contributed by atoms with van der Waals surface area (Å²) < 4.78 is 0. The Bertz CT molecular complexity index is 248. The quantitative estimate of drug-likeness (QED) is 0.341. The minimum Gasteiger partial charge on any atom is -0.356 e. The molecule has 1 aliphatic carbocycles. The van der Waals surface area contributed by atoms with Gasteiger partial charge in [0.2, 0.25) is 5.91 Å². The summed E-state index contributed by atoms with van der Waals surface area (Å²) in [4.78, 5) is 15.4. The highest BCUT2D eigenvalue weighted by molar-refractivity contribution is 5.81. The first-order valence-corrected chi connectivity index (χ1v) is 6.00. The minimum absolute atomic E-state index is 0.193. The number of nitrogens with one attached hydrogen (secondary N) is 3. The second-order valence-corrected chi connectivity index (χ2v) is 3.99. The molecule has 0 radical (unpaired) electrons. The summed E-state index contributed by atoms with van der Waals surface area (Å²) in [7, 11) is 1.74. The molecular formula is C11H22N4O. The van der Waals surface area contributed by atoms with Crippen molar-refractivity contribution in [3.05, 3.63) is 0 Å². The van der Waals surface area contributed by atoms with Crippen LogP contribution in [0.3, 0.4) is 0 Å². The number of carbonyl (C=O) groups excluding carboxylic acids is 1. The van der Waals surface area contributed by atoms with Crippen molar-refractivity contribution in [1.29, 1.82) is 0 Å². The van der Waals surface area contributed by atoms with Gasteiger partial charge in [0, 0.05) is 32.6 Å². The van der Waals surface area contributed by atoms with E-state index in [9.17, 15) is 4.79 Å². The van der Waals surface area contributed by atoms with Crippen LogP contribution in [0.25, 0.3) is 0 Å². The third-order valence-corrected chi connectivity index (χ3v) is 2.43. The predicted octanol–water partition coefficient (Wildman–Crippen LogP) is 0.0876. The monoisotopic (exact) mass is 226 g/mol. The number of hydrogen-bond acceptors (Lipinski definition) is 2. The lowest BCUT2D eigenvalue weighted by Crippen LogP contribution is -2.41. The molecule has 0 unspecified atom stereocenters. The molecule has 0 spiro atoms. The Labute approximate surface area is 97.1 Å². The van der Waals surface area contributed by atoms with Gasteiger partial charge in [0.05, 0.1) is 0 Å². The molecule has 0 heterocycles. The third kappa shape index (κ3) is 5.00. The van der Waals surface area contributed by atoms with Crippen LogP contribution in [0, 0.1) is 5.92 Å². The molecule has 5 heteroatoms. The second-order valence-electron chi connectivity index (χ2n) is 3.99. The zero-order valence-electron chi connectivity index (χ0n) is 10.2. The molecule has 1 fully saturated rings. The van der Waals surface area contributed by atoms with E-state index in [0.717, 1.165) is 31.8 Å². The van der Waals surface area contributed by atoms with Gasteiger partial charge in [0.25, 0.3) is 0 Å². The van der Waals surface area contributed by atoms with Gasteiger partial charge in [-0.2, -0.15) is 0 Å². The predicted molar refractivity (Wildman–Crippen MR) is 65.4 cm³/mol. The van der Waals surface area contributed by atoms with Gasteiger partial charge in [-0.15, -0.1) is 0 Å². The van der Waals surface area contributed by atoms with Crippen LogP contribution in [-0.2, 0) is 4.79 Å². The first-order chi connectivity index (χ1) is 7.77. The molecule has 5 nitrogen and oxygen atoms in total. The van der Waals surface area contributed by atoms with E-state index in [1.54, 1.807) is 7.05 Å². The fourth-order valence-corrected chi connectivity index (χ4v) is 1.32. The van der Waals surface area contributed by atoms with Crippen LogP contribution in [0.4, 0.5) is 0 Å². The number of guanidine groups is 1. The van der Waals surface area contributed by atoms with Crippen molar-refractivity contribution in [2.75, 3.05) is 26.7 Å². The molecule has 1 aliphatic rings. The maximum atomic E-state index is 11.3. The summed E-state index contributed by atoms with van der Waals surface area (Å²) in [5.41, 5.74) is 0. The number of aliphatic imine (C=N–C) groups is 1. The van der Waals surface area contributed by atoms with Crippen molar-refractivity contribution in [3.8, 4) is 0 Å². The molecule has 1 amide bonds. The summed E-state index contributed by atoms with van der Waals surface area (Å²) in [6, 6.07) is 0. The lowest BCUT2D eigenvalue weighted by Gasteiger charge is -2.11. The molecule has 16 heavy (non-hydrogen) atoms. The molecule has 0 aliphatic heterocycles. The van der Waals surface area contributed by atoms with Crippen molar-refractivity contribution in [3.63, 3.8) is 0 Å². The van der Waals surface area contributed by atoms with Gasteiger partial charge < -0.3 is 16.0 Å². The number of nitrogens with zero attached hydrogens (tertiary/aromatic N) is 1. The van der Waals surface area contributed by atoms with Crippen molar-refractivity contribution >= 4 is 11.9 Å². The van der Waals surface area contributed by atoms with Gasteiger partial charge in [0.1, 0.15) is 0 Å². The maximum Gasteiger partial charge on any atom is 0.223 e. The zero-order valence-corrected chi connectivity index (χ0v) is 10.2. The van der Waals surface area contributed by atoms with Crippen LogP contribution in [0.5, 0.6) is 0 Å². The fourth-order valence-electron chi connectivity index (χ4n) is 1.32. The van der Waals surface area contributed by atoms with E-state index < -0.39 is 0 Å². The summed E-state index contributed by atoms with van der Waals surface area (Å²) in [5, 5.41) is 9.21. The summed E-state index contributed by atoms with van der Waals surface area (Å²) in [5.74, 6) is 1.28. The second kappa shape index (κ2) is 7.09. The Morgan fingerprint density at radius 1 is 1.19 bits per heavy atom. The van der Waals surface area contributed by atoms with Gasteiger partial charge in [-0.25, -0.2) is 0 Å². The van der Waals surface area contributed by atoms with E-state index in [2.05, 4.69) is 27.9 Å². The Morgan fingerprint density at radius 3 is 2.38 bits per heavy atom. The molecule has 0 saturated heterocycles. The number of hydrogen-bond donors (Lipinski definition) is 3. The maximum absolute atomic E-state index is 11.3. The Morgan fingerprint density at radius 2 is 1.81 bits per heavy atom. The molecule has 3 N–H and O–H groups in total. The van der Waals surface area contributed by atoms with E-state index in [4.69, 9.17) is 0 Å². The van der Waals surface area contributed by atoms with E-state index in [0.29, 0.717) is 13.1 Å². The lowest BCUT2D eigenvalue weighted by atomic mass is 10.4. The van der Waals surface area contributed by atoms with E-state index >= 15 is 0 Å². The lowest BCUT2D eigenvalue weighted by molar-refractivity contribution is -0.122. The minimum atomic E-state index is 0.193. The molecule has 1 saturated carbocycles. The largest absolute Gasteiger partial charge is 0.356 e. The molecular weight excluding hydrogens is 204 g/mol. The van der Waals surface area contributed by atoms with Crippen LogP contribution >= 0.6 is 0 Å². The molecule has 0 aromatic heterocycles. The van der Waals surface area contributed by atoms with E-state index in [-0.39, 0.29) is 11.8 Å². The van der Waals surface area contributed by atoms with Crippen LogP contribution in [0.2, 0.25) is 0 Å². The van der Waals surface area contributed by atoms with E-state index in [1.807, 2.05) is 0 Å². The first-order valence-electron chi connectivity index (χ1n) is 6.00. The first kappa shape index (κ1) is 12.8. The Kier molecular flexibility index (Phi) is 5.67. The topological polar surface area (TPSA) is 65.5 Å². The smallest absolute Gasteiger partial charge is 0.223 e. The fraction of sp³-hybridized carbons (Fsp3) is 0.818. The van der Waals surface area contributed by atoms with Crippen molar-refractivity contribution in [1.82, 2.24) is 16.0 Å². The van der Waals surface area contributed by atoms with Crippen molar-refractivity contribution < 1.29 is 4.79 Å². The number of rotatable bonds is 6. The molecule has 0 aromatic carbocycles. The van der Waals surface area contributed by atoms with Gasteiger partial charge in [-0.05, 0) is 19.3 Å². The highest BCUT2D eigenvalue weighted by Gasteiger charge is 2.28. The van der Waals surface area contributed by atoms with Crippen molar-refractivity contribution in [2.24, 2.45) is 10.9 Å². The van der Waals surface area contributed by atoms with Gasteiger partial charge in [-0.3, -0.25) is 9.79 Å². The normalized spacial score (nSPS) is 15.8. The molecule has 0 bridgehead atoms. The molecule has 1 rings (SSSR count). The van der Waals surface area contributed by atoms with Crippen LogP contribution in [-0.4, -0.2) is 38.5 Å². The number of carbonyl (C=O) groups is 1. The highest BCUT2D eigenvalue weighted by Crippen LogP contribution is 2.28. The van der Waals surface area contributed by atoms with Gasteiger partial charge in [-0.1, -0.05) is 6.92 Å². The van der Waals surface area contributed by atoms with Crippen molar-refractivity contribution in [2.45, 2.75) is 26.2 Å². The average molecular weight is 226 g/mol. The van der Waals surface area contributed by atoms with Gasteiger partial charge in [0.15, 0.2) is 5.96 Å². The molecule has 0 atom stereocenters. The number of amides is 1. The van der Waals surface area contributed by atoms with Crippen LogP contribution in [0.1, 0.15) is 26.2 Å². The highest BCUT2D eigenvalue weighted by atomic mass is 16.2. The van der Waals surface area contributed by atoms with Gasteiger partial charge >= 0.3 is 0 Å². The summed E-state index contributed by atoms with van der Waals surface area (Å²) in [6.07, 6.45) is 3.18. The molecule has 0 aromatic rings. The summed E-state index contributed by atoms with van der Waals surface area (Å²) >= 11 is 0.